The minimum atomic E-state index is -4.67. The van der Waals surface area contributed by atoms with E-state index in [0.29, 0.717) is 0 Å². The minimum Gasteiger partial charge on any atom is -1.00 e. The smallest absolute Gasteiger partial charge is 1.00 e. The Morgan fingerprint density at radius 3 is 0.308 bits per heavy atom. The van der Waals surface area contributed by atoms with Crippen LogP contribution in [0.4, 0.5) is 0 Å². The van der Waals surface area contributed by atoms with E-state index in [1.807, 2.05) is 0 Å². The molecule has 10 N–H and O–H groups in total. The topological polar surface area (TPSA) is 373 Å². The monoisotopic (exact) mass is 514 g/mol. The summed E-state index contributed by atoms with van der Waals surface area (Å²) in [4.78, 5) is 0. The molecule has 0 amide bonds. The molecule has 26 heteroatoms. The molecule has 20 nitrogen and oxygen atoms in total. The van der Waals surface area contributed by atoms with E-state index in [1.165, 1.54) is 0 Å². The quantitative estimate of drug-likeness (QED) is 0.106. The van der Waals surface area contributed by atoms with Crippen molar-refractivity contribution in [2.24, 2.45) is 0 Å². The average molecular weight is 514 g/mol. The second-order valence-electron chi connectivity index (χ2n) is 2.24. The average Bonchev–Trinajstić information content (AvgIpc) is 1.79. The van der Waals surface area contributed by atoms with Gasteiger partial charge in [-0.15, -0.1) is 0 Å². The van der Waals surface area contributed by atoms with Gasteiger partial charge in [0.25, 0.3) is 0 Å². The predicted molar refractivity (Wildman–Crippen MR) is 72.0 cm³/mol. The predicted octanol–water partition coefficient (Wildman–Crippen LogP) is -6.15. The Balaban J connectivity index is -0.0000000364. The Morgan fingerprint density at radius 2 is 0.308 bits per heavy atom. The van der Waals surface area contributed by atoms with Crippen LogP contribution in [0.25, 0.3) is 0 Å². The van der Waals surface area contributed by atoms with E-state index in [-0.39, 0.29) is 31.0 Å². The molecule has 162 valence electrons. The Bertz CT molecular complexity index is 621. The molecule has 0 saturated carbocycles. The third-order valence-electron chi connectivity index (χ3n) is 0. The van der Waals surface area contributed by atoms with Gasteiger partial charge < -0.3 is 1.43 Å². The summed E-state index contributed by atoms with van der Waals surface area (Å²) in [7, 11) is -23.3. The molecule has 0 fully saturated rings. The first-order valence-electron chi connectivity index (χ1n) is 3.49. The Labute approximate surface area is 169 Å². The third-order valence-corrected chi connectivity index (χ3v) is 0. The molecular weight excluding hydrogens is 503 g/mol. The van der Waals surface area contributed by atoms with E-state index in [9.17, 15) is 0 Å². The molecule has 0 radical (unpaired) electrons. The molecule has 0 rings (SSSR count). The van der Waals surface area contributed by atoms with Crippen LogP contribution in [0.1, 0.15) is 1.43 Å². The second-order valence-corrected chi connectivity index (χ2v) is 6.72. The van der Waals surface area contributed by atoms with Crippen molar-refractivity contribution in [1.82, 2.24) is 0 Å². The molecule has 0 aromatic rings. The van der Waals surface area contributed by atoms with Crippen molar-refractivity contribution < 1.29 is 119 Å². The summed E-state index contributed by atoms with van der Waals surface area (Å²) in [6.07, 6.45) is 0. The van der Waals surface area contributed by atoms with Crippen molar-refractivity contribution in [3.63, 3.8) is 0 Å². The fourth-order valence-corrected chi connectivity index (χ4v) is 0. The molecule has 0 spiro atoms. The van der Waals surface area contributed by atoms with Crippen LogP contribution in [0.2, 0.25) is 0 Å². The van der Waals surface area contributed by atoms with Crippen molar-refractivity contribution in [2.75, 3.05) is 0 Å². The van der Waals surface area contributed by atoms with E-state index in [2.05, 4.69) is 0 Å². The van der Waals surface area contributed by atoms with Gasteiger partial charge in [0.05, 0.1) is 0 Å². The van der Waals surface area contributed by atoms with Crippen molar-refractivity contribution in [3.8, 4) is 0 Å². The van der Waals surface area contributed by atoms with Crippen molar-refractivity contribution in [1.29, 1.82) is 0 Å². The second kappa shape index (κ2) is 16.3. The standard InChI is InChI=1S/Na.5H2O4S.H/c;5*1-5(2,3)4;/h;5*(H2,1,2,3,4);/q+1;;;;;;-1. The number of rotatable bonds is 0. The fourth-order valence-electron chi connectivity index (χ4n) is 0. The van der Waals surface area contributed by atoms with E-state index in [1.54, 1.807) is 0 Å². The summed E-state index contributed by atoms with van der Waals surface area (Å²) >= 11 is 0. The maximum atomic E-state index is 8.74. The zero-order chi connectivity index (χ0) is 22.5. The van der Waals surface area contributed by atoms with Crippen molar-refractivity contribution in [3.05, 3.63) is 0 Å². The normalized spacial score (nSPS) is 11.2. The zero-order valence-corrected chi connectivity index (χ0v) is 17.7. The van der Waals surface area contributed by atoms with Gasteiger partial charge in [0.2, 0.25) is 0 Å². The molecule has 0 aliphatic rings. The van der Waals surface area contributed by atoms with Gasteiger partial charge in [0.15, 0.2) is 0 Å². The summed E-state index contributed by atoms with van der Waals surface area (Å²) < 4.78 is 158. The van der Waals surface area contributed by atoms with Gasteiger partial charge in [-0.3, -0.25) is 45.5 Å². The Kier molecular flexibility index (Phi) is 25.7. The largest absolute Gasteiger partial charge is 1.00 e. The minimum absolute atomic E-state index is 0. The molecule has 0 aliphatic heterocycles. The van der Waals surface area contributed by atoms with Crippen LogP contribution in [0.3, 0.4) is 0 Å². The first-order chi connectivity index (χ1) is 10.0. The third kappa shape index (κ3) is 108000. The molecule has 26 heavy (non-hydrogen) atoms. The molecule has 0 unspecified atom stereocenters. The first-order valence-corrected chi connectivity index (χ1v) is 10.5. The van der Waals surface area contributed by atoms with Gasteiger partial charge in [0.1, 0.15) is 0 Å². The van der Waals surface area contributed by atoms with Crippen LogP contribution in [-0.2, 0) is 52.0 Å². The molecule has 0 aliphatic carbocycles. The van der Waals surface area contributed by atoms with Gasteiger partial charge >= 0.3 is 81.6 Å². The van der Waals surface area contributed by atoms with Crippen LogP contribution >= 0.6 is 0 Å². The van der Waals surface area contributed by atoms with E-state index in [4.69, 9.17) is 87.6 Å². The Morgan fingerprint density at radius 1 is 0.308 bits per heavy atom. The van der Waals surface area contributed by atoms with Gasteiger partial charge in [0, 0.05) is 0 Å². The maximum absolute atomic E-state index is 8.74. The van der Waals surface area contributed by atoms with Gasteiger partial charge in [-0.1, -0.05) is 0 Å². The van der Waals surface area contributed by atoms with Crippen LogP contribution < -0.4 is 29.6 Å². The summed E-state index contributed by atoms with van der Waals surface area (Å²) in [6, 6.07) is 0. The summed E-state index contributed by atoms with van der Waals surface area (Å²) in [6.45, 7) is 0. The molecule has 0 aromatic heterocycles. The molecule has 0 bridgehead atoms. The van der Waals surface area contributed by atoms with Crippen LogP contribution in [0.5, 0.6) is 0 Å². The maximum Gasteiger partial charge on any atom is 1.00 e. The van der Waals surface area contributed by atoms with E-state index >= 15 is 0 Å². The van der Waals surface area contributed by atoms with Gasteiger partial charge in [-0.25, -0.2) is 0 Å². The Hall–Kier alpha value is 0.350. The summed E-state index contributed by atoms with van der Waals surface area (Å²) in [5.74, 6) is 0. The molecule has 0 heterocycles. The molecule has 0 saturated heterocycles. The summed E-state index contributed by atoms with van der Waals surface area (Å²) in [5, 5.41) is 0. The number of hydrogen-bond donors (Lipinski definition) is 10. The fraction of sp³-hybridized carbons (Fsp3) is 0. The molecule has 0 atom stereocenters. The van der Waals surface area contributed by atoms with E-state index in [0.717, 1.165) is 0 Å². The van der Waals surface area contributed by atoms with Gasteiger partial charge in [-0.2, -0.15) is 42.1 Å². The van der Waals surface area contributed by atoms with Crippen LogP contribution in [0, 0.1) is 0 Å². The molecular formula is H11NaO20S5. The van der Waals surface area contributed by atoms with Crippen LogP contribution in [-0.4, -0.2) is 87.6 Å². The number of hydrogen-bond acceptors (Lipinski definition) is 10. The van der Waals surface area contributed by atoms with E-state index < -0.39 is 52.0 Å². The van der Waals surface area contributed by atoms with Crippen molar-refractivity contribution >= 4 is 52.0 Å². The first kappa shape index (κ1) is 40.9. The van der Waals surface area contributed by atoms with Crippen molar-refractivity contribution in [2.45, 2.75) is 0 Å². The zero-order valence-electron chi connectivity index (χ0n) is 12.6. The van der Waals surface area contributed by atoms with Gasteiger partial charge in [-0.05, 0) is 0 Å². The summed E-state index contributed by atoms with van der Waals surface area (Å²) in [5.41, 5.74) is 0. The SMILES string of the molecule is O=S(=O)(O)O.O=S(=O)(O)O.O=S(=O)(O)O.O=S(=O)(O)O.O=S(=O)(O)O.[H-].[Na+]. The van der Waals surface area contributed by atoms with Crippen LogP contribution in [0.15, 0.2) is 0 Å². The molecule has 0 aromatic carbocycles.